The van der Waals surface area contributed by atoms with E-state index in [1.807, 2.05) is 18.0 Å². The molecule has 4 aliphatic carbocycles. The summed E-state index contributed by atoms with van der Waals surface area (Å²) < 4.78 is 0. The first-order valence-corrected chi connectivity index (χ1v) is 10.4. The molecular weight excluding hydrogens is 383 g/mol. The van der Waals surface area contributed by atoms with Gasteiger partial charge in [-0.1, -0.05) is 29.3 Å². The Morgan fingerprint density at radius 1 is 1.19 bits per heavy atom. The molecule has 5 rings (SSSR count). The lowest BCUT2D eigenvalue weighted by Gasteiger charge is -2.61. The Kier molecular flexibility index (Phi) is 4.71. The van der Waals surface area contributed by atoms with Crippen LogP contribution in [0, 0.1) is 17.3 Å². The fourth-order valence-corrected chi connectivity index (χ4v) is 6.88. The van der Waals surface area contributed by atoms with E-state index in [0.29, 0.717) is 28.4 Å². The summed E-state index contributed by atoms with van der Waals surface area (Å²) in [7, 11) is 1.86. The second-order valence-corrected chi connectivity index (χ2v) is 9.94. The third kappa shape index (κ3) is 3.47. The van der Waals surface area contributed by atoms with Crippen molar-refractivity contribution in [3.8, 4) is 0 Å². The maximum absolute atomic E-state index is 13.6. The van der Waals surface area contributed by atoms with E-state index in [4.69, 9.17) is 23.2 Å². The second-order valence-electron chi connectivity index (χ2n) is 9.10. The molecule has 146 valence electrons. The molecule has 2 amide bonds. The van der Waals surface area contributed by atoms with Crippen molar-refractivity contribution in [1.29, 1.82) is 0 Å². The Balaban J connectivity index is 1.56. The van der Waals surface area contributed by atoms with Gasteiger partial charge in [0.15, 0.2) is 0 Å². The van der Waals surface area contributed by atoms with Gasteiger partial charge in [0.2, 0.25) is 11.8 Å². The van der Waals surface area contributed by atoms with Crippen LogP contribution in [0.25, 0.3) is 0 Å². The van der Waals surface area contributed by atoms with Crippen LogP contribution < -0.4 is 5.32 Å². The SMILES string of the molecule is CC(=O)NC12C[C@H]3C[C@@H](C1)CC(C(=O)N(C)Cc1ccc(Cl)cc1Cl)(C3)C2. The highest BCUT2D eigenvalue weighted by Crippen LogP contribution is 2.62. The molecule has 0 spiro atoms. The summed E-state index contributed by atoms with van der Waals surface area (Å²) in [5.41, 5.74) is 0.364. The average Bonchev–Trinajstić information content (AvgIpc) is 2.54. The summed E-state index contributed by atoms with van der Waals surface area (Å²) in [5.74, 6) is 1.28. The van der Waals surface area contributed by atoms with Crippen LogP contribution >= 0.6 is 23.2 Å². The van der Waals surface area contributed by atoms with Gasteiger partial charge in [-0.2, -0.15) is 0 Å². The number of amides is 2. The van der Waals surface area contributed by atoms with Gasteiger partial charge in [0.1, 0.15) is 0 Å². The maximum atomic E-state index is 13.6. The molecule has 2 unspecified atom stereocenters. The van der Waals surface area contributed by atoms with Gasteiger partial charge in [-0.15, -0.1) is 0 Å². The van der Waals surface area contributed by atoms with Crippen molar-refractivity contribution in [2.75, 3.05) is 7.05 Å². The fraction of sp³-hybridized carbons (Fsp3) is 0.619. The lowest BCUT2D eigenvalue weighted by Crippen LogP contribution is -2.65. The largest absolute Gasteiger partial charge is 0.351 e. The monoisotopic (exact) mass is 408 g/mol. The van der Waals surface area contributed by atoms with Crippen LogP contribution in [0.4, 0.5) is 0 Å². The molecule has 4 atom stereocenters. The number of hydrogen-bond acceptors (Lipinski definition) is 2. The highest BCUT2D eigenvalue weighted by molar-refractivity contribution is 6.35. The van der Waals surface area contributed by atoms with Gasteiger partial charge >= 0.3 is 0 Å². The molecule has 1 aromatic carbocycles. The topological polar surface area (TPSA) is 49.4 Å². The van der Waals surface area contributed by atoms with Crippen LogP contribution in [0.15, 0.2) is 18.2 Å². The van der Waals surface area contributed by atoms with Gasteiger partial charge in [-0.05, 0) is 68.1 Å². The summed E-state index contributed by atoms with van der Waals surface area (Å²) in [6.07, 6.45) is 5.90. The number of carbonyl (C=O) groups excluding carboxylic acids is 2. The average molecular weight is 409 g/mol. The Labute approximate surface area is 170 Å². The quantitative estimate of drug-likeness (QED) is 0.800. The first kappa shape index (κ1) is 19.1. The third-order valence-electron chi connectivity index (χ3n) is 6.73. The maximum Gasteiger partial charge on any atom is 0.228 e. The highest BCUT2D eigenvalue weighted by Gasteiger charge is 2.61. The smallest absolute Gasteiger partial charge is 0.228 e. The van der Waals surface area contributed by atoms with Gasteiger partial charge in [-0.25, -0.2) is 0 Å². The minimum Gasteiger partial charge on any atom is -0.351 e. The molecule has 1 N–H and O–H groups in total. The number of hydrogen-bond donors (Lipinski definition) is 1. The Hall–Kier alpha value is -1.26. The van der Waals surface area contributed by atoms with E-state index in [0.717, 1.165) is 37.7 Å². The number of halogens is 2. The van der Waals surface area contributed by atoms with E-state index in [9.17, 15) is 9.59 Å². The zero-order chi connectivity index (χ0) is 19.4. The van der Waals surface area contributed by atoms with E-state index in [2.05, 4.69) is 5.32 Å². The van der Waals surface area contributed by atoms with Gasteiger partial charge in [-0.3, -0.25) is 9.59 Å². The lowest BCUT2D eigenvalue weighted by atomic mass is 9.46. The number of carbonyl (C=O) groups is 2. The van der Waals surface area contributed by atoms with Crippen LogP contribution in [0.3, 0.4) is 0 Å². The van der Waals surface area contributed by atoms with Gasteiger partial charge in [0, 0.05) is 36.1 Å². The molecule has 4 nitrogen and oxygen atoms in total. The fourth-order valence-electron chi connectivity index (χ4n) is 6.41. The molecule has 4 fully saturated rings. The Bertz CT molecular complexity index is 780. The molecule has 1 aromatic rings. The van der Waals surface area contributed by atoms with Crippen molar-refractivity contribution in [2.45, 2.75) is 57.5 Å². The van der Waals surface area contributed by atoms with E-state index in [1.165, 1.54) is 6.42 Å². The predicted molar refractivity (Wildman–Crippen MR) is 107 cm³/mol. The Morgan fingerprint density at radius 3 is 2.44 bits per heavy atom. The van der Waals surface area contributed by atoms with E-state index < -0.39 is 0 Å². The van der Waals surface area contributed by atoms with Crippen LogP contribution in [0.2, 0.25) is 10.0 Å². The van der Waals surface area contributed by atoms with Crippen molar-refractivity contribution < 1.29 is 9.59 Å². The van der Waals surface area contributed by atoms with Crippen LogP contribution in [0.5, 0.6) is 0 Å². The molecular formula is C21H26Cl2N2O2. The molecule has 4 saturated carbocycles. The Morgan fingerprint density at radius 2 is 1.85 bits per heavy atom. The molecule has 6 heteroatoms. The number of nitrogens with one attached hydrogen (secondary N) is 1. The minimum atomic E-state index is -0.347. The minimum absolute atomic E-state index is 0.0147. The summed E-state index contributed by atoms with van der Waals surface area (Å²) in [4.78, 5) is 27.2. The molecule has 0 aromatic heterocycles. The van der Waals surface area contributed by atoms with Crippen molar-refractivity contribution in [2.24, 2.45) is 17.3 Å². The molecule has 4 bridgehead atoms. The molecule has 0 radical (unpaired) electrons. The molecule has 0 heterocycles. The van der Waals surface area contributed by atoms with Crippen molar-refractivity contribution >= 4 is 35.0 Å². The van der Waals surface area contributed by atoms with E-state index in [1.54, 1.807) is 19.1 Å². The molecule has 0 saturated heterocycles. The van der Waals surface area contributed by atoms with Crippen molar-refractivity contribution in [1.82, 2.24) is 10.2 Å². The highest BCUT2D eigenvalue weighted by atomic mass is 35.5. The number of rotatable bonds is 4. The lowest BCUT2D eigenvalue weighted by molar-refractivity contribution is -0.162. The molecule has 27 heavy (non-hydrogen) atoms. The number of benzene rings is 1. The summed E-state index contributed by atoms with van der Waals surface area (Å²) in [6, 6.07) is 5.40. The van der Waals surface area contributed by atoms with Crippen LogP contribution in [-0.4, -0.2) is 29.3 Å². The van der Waals surface area contributed by atoms with Crippen molar-refractivity contribution in [3.05, 3.63) is 33.8 Å². The zero-order valence-corrected chi connectivity index (χ0v) is 17.4. The van der Waals surface area contributed by atoms with E-state index in [-0.39, 0.29) is 22.8 Å². The van der Waals surface area contributed by atoms with Gasteiger partial charge < -0.3 is 10.2 Å². The third-order valence-corrected chi connectivity index (χ3v) is 7.31. The van der Waals surface area contributed by atoms with Crippen LogP contribution in [-0.2, 0) is 16.1 Å². The van der Waals surface area contributed by atoms with Crippen LogP contribution in [0.1, 0.15) is 51.0 Å². The van der Waals surface area contributed by atoms with Gasteiger partial charge in [0.05, 0.1) is 5.41 Å². The number of nitrogens with zero attached hydrogens (tertiary/aromatic N) is 1. The zero-order valence-electron chi connectivity index (χ0n) is 15.9. The van der Waals surface area contributed by atoms with Gasteiger partial charge in [0.25, 0.3) is 0 Å². The molecule has 4 aliphatic rings. The normalized spacial score (nSPS) is 33.8. The summed E-state index contributed by atoms with van der Waals surface area (Å²) >= 11 is 12.3. The van der Waals surface area contributed by atoms with E-state index >= 15 is 0 Å². The standard InChI is InChI=1S/C21H26Cl2N2O2/c1-13(26)24-21-9-14-5-15(10-21)8-20(7-14,12-21)19(27)25(2)11-16-3-4-17(22)6-18(16)23/h3-4,6,14-15H,5,7-12H2,1-2H3,(H,24,26)/t14-,15+,20?,21?. The first-order chi connectivity index (χ1) is 12.7. The first-order valence-electron chi connectivity index (χ1n) is 9.69. The molecule has 0 aliphatic heterocycles. The summed E-state index contributed by atoms with van der Waals surface area (Å²) in [6.45, 7) is 2.06. The predicted octanol–water partition coefficient (Wildman–Crippen LogP) is 4.43. The van der Waals surface area contributed by atoms with Crippen molar-refractivity contribution in [3.63, 3.8) is 0 Å². The summed E-state index contributed by atoms with van der Waals surface area (Å²) in [5, 5.41) is 4.40. The second kappa shape index (κ2) is 6.66.